The minimum Gasteiger partial charge on any atom is -0.440 e. The largest absolute Gasteiger partial charge is 0.440 e. The molecule has 1 N–H and O–H groups in total. The first kappa shape index (κ1) is 15.5. The molecule has 0 radical (unpaired) electrons. The van der Waals surface area contributed by atoms with Crippen LogP contribution in [-0.2, 0) is 13.6 Å². The Balaban J connectivity index is 1.67. The number of aromatic nitrogens is 3. The minimum absolute atomic E-state index is 0.153. The molecule has 0 spiro atoms. The Morgan fingerprint density at radius 1 is 1.22 bits per heavy atom. The van der Waals surface area contributed by atoms with Crippen molar-refractivity contribution in [2.45, 2.75) is 33.4 Å². The number of aryl methyl sites for hydroxylation is 1. The molecule has 120 valence electrons. The molecule has 2 heterocycles. The van der Waals surface area contributed by atoms with E-state index in [2.05, 4.69) is 33.7 Å². The second-order valence-electron chi connectivity index (χ2n) is 5.79. The third-order valence-electron chi connectivity index (χ3n) is 4.21. The van der Waals surface area contributed by atoms with Gasteiger partial charge in [-0.2, -0.15) is 0 Å². The SMILES string of the molecule is Cc1nc(C(C)NCc2cnc(-c3ccccc3)o2)c(C)n1C. The van der Waals surface area contributed by atoms with E-state index in [1.807, 2.05) is 44.3 Å². The van der Waals surface area contributed by atoms with Gasteiger partial charge in [-0.3, -0.25) is 0 Å². The van der Waals surface area contributed by atoms with Gasteiger partial charge >= 0.3 is 0 Å². The van der Waals surface area contributed by atoms with Crippen molar-refractivity contribution in [2.75, 3.05) is 0 Å². The number of hydrogen-bond donors (Lipinski definition) is 1. The van der Waals surface area contributed by atoms with Crippen LogP contribution in [0.1, 0.15) is 35.9 Å². The Labute approximate surface area is 136 Å². The van der Waals surface area contributed by atoms with E-state index in [4.69, 9.17) is 4.42 Å². The fourth-order valence-corrected chi connectivity index (χ4v) is 2.61. The predicted octanol–water partition coefficient (Wildman–Crippen LogP) is 3.54. The summed E-state index contributed by atoms with van der Waals surface area (Å²) in [5.74, 6) is 2.50. The zero-order valence-corrected chi connectivity index (χ0v) is 14.0. The van der Waals surface area contributed by atoms with E-state index in [0.29, 0.717) is 12.4 Å². The molecule has 0 aliphatic heterocycles. The van der Waals surface area contributed by atoms with Crippen LogP contribution < -0.4 is 5.32 Å². The normalized spacial score (nSPS) is 12.5. The van der Waals surface area contributed by atoms with Gasteiger partial charge in [-0.25, -0.2) is 9.97 Å². The highest BCUT2D eigenvalue weighted by Crippen LogP contribution is 2.20. The summed E-state index contributed by atoms with van der Waals surface area (Å²) in [6, 6.07) is 10.1. The van der Waals surface area contributed by atoms with Crippen LogP contribution in [0.5, 0.6) is 0 Å². The van der Waals surface area contributed by atoms with Crippen molar-refractivity contribution in [2.24, 2.45) is 7.05 Å². The first-order valence-electron chi connectivity index (χ1n) is 7.79. The molecule has 0 aliphatic carbocycles. The summed E-state index contributed by atoms with van der Waals surface area (Å²) in [7, 11) is 2.04. The Morgan fingerprint density at radius 3 is 2.61 bits per heavy atom. The summed E-state index contributed by atoms with van der Waals surface area (Å²) in [5.41, 5.74) is 3.25. The quantitative estimate of drug-likeness (QED) is 0.783. The van der Waals surface area contributed by atoms with Gasteiger partial charge in [-0.1, -0.05) is 18.2 Å². The molecule has 0 bridgehead atoms. The van der Waals surface area contributed by atoms with E-state index in [9.17, 15) is 0 Å². The molecular formula is C18H22N4O. The second kappa shape index (κ2) is 6.38. The van der Waals surface area contributed by atoms with E-state index in [0.717, 1.165) is 22.8 Å². The lowest BCUT2D eigenvalue weighted by Crippen LogP contribution is -2.19. The van der Waals surface area contributed by atoms with Crippen LogP contribution in [0.2, 0.25) is 0 Å². The van der Waals surface area contributed by atoms with Crippen molar-refractivity contribution in [1.29, 1.82) is 0 Å². The molecule has 0 aliphatic rings. The molecule has 5 heteroatoms. The lowest BCUT2D eigenvalue weighted by Gasteiger charge is -2.11. The van der Waals surface area contributed by atoms with Gasteiger partial charge in [0.25, 0.3) is 0 Å². The molecule has 3 aromatic rings. The summed E-state index contributed by atoms with van der Waals surface area (Å²) >= 11 is 0. The van der Waals surface area contributed by atoms with E-state index >= 15 is 0 Å². The van der Waals surface area contributed by atoms with E-state index < -0.39 is 0 Å². The predicted molar refractivity (Wildman–Crippen MR) is 89.9 cm³/mol. The van der Waals surface area contributed by atoms with E-state index in [1.54, 1.807) is 6.20 Å². The zero-order chi connectivity index (χ0) is 16.4. The molecule has 0 saturated heterocycles. The van der Waals surface area contributed by atoms with Gasteiger partial charge in [-0.15, -0.1) is 0 Å². The van der Waals surface area contributed by atoms with Crippen LogP contribution in [-0.4, -0.2) is 14.5 Å². The van der Waals surface area contributed by atoms with Gasteiger partial charge in [0.1, 0.15) is 11.6 Å². The highest BCUT2D eigenvalue weighted by Gasteiger charge is 2.15. The highest BCUT2D eigenvalue weighted by molar-refractivity contribution is 5.52. The molecule has 3 rings (SSSR count). The average molecular weight is 310 g/mol. The first-order chi connectivity index (χ1) is 11.1. The third-order valence-corrected chi connectivity index (χ3v) is 4.21. The molecule has 2 aromatic heterocycles. The van der Waals surface area contributed by atoms with Gasteiger partial charge in [-0.05, 0) is 32.9 Å². The Hall–Kier alpha value is -2.40. The number of rotatable bonds is 5. The van der Waals surface area contributed by atoms with Gasteiger partial charge in [0.15, 0.2) is 0 Å². The smallest absolute Gasteiger partial charge is 0.226 e. The Kier molecular flexibility index (Phi) is 4.30. The fraction of sp³-hybridized carbons (Fsp3) is 0.333. The maximum atomic E-state index is 5.82. The van der Waals surface area contributed by atoms with E-state index in [1.165, 1.54) is 5.69 Å². The van der Waals surface area contributed by atoms with Crippen molar-refractivity contribution >= 4 is 0 Å². The molecule has 0 fully saturated rings. The Bertz CT molecular complexity index is 789. The van der Waals surface area contributed by atoms with Gasteiger partial charge in [0.2, 0.25) is 5.89 Å². The third kappa shape index (κ3) is 3.19. The monoisotopic (exact) mass is 310 g/mol. The van der Waals surface area contributed by atoms with Crippen molar-refractivity contribution < 1.29 is 4.42 Å². The van der Waals surface area contributed by atoms with Gasteiger partial charge < -0.3 is 14.3 Å². The number of benzene rings is 1. The molecule has 0 amide bonds. The summed E-state index contributed by atoms with van der Waals surface area (Å²) < 4.78 is 7.92. The molecule has 1 aromatic carbocycles. The maximum absolute atomic E-state index is 5.82. The summed E-state index contributed by atoms with van der Waals surface area (Å²) in [5, 5.41) is 3.45. The zero-order valence-electron chi connectivity index (χ0n) is 14.0. The molecule has 5 nitrogen and oxygen atoms in total. The minimum atomic E-state index is 0.153. The topological polar surface area (TPSA) is 55.9 Å². The summed E-state index contributed by atoms with van der Waals surface area (Å²) in [6.45, 7) is 6.85. The molecule has 0 saturated carbocycles. The number of nitrogens with one attached hydrogen (secondary N) is 1. The molecular weight excluding hydrogens is 288 g/mol. The summed E-state index contributed by atoms with van der Waals surface area (Å²) in [6.07, 6.45) is 1.78. The fourth-order valence-electron chi connectivity index (χ4n) is 2.61. The van der Waals surface area contributed by atoms with Crippen molar-refractivity contribution in [3.05, 3.63) is 59.5 Å². The van der Waals surface area contributed by atoms with E-state index in [-0.39, 0.29) is 6.04 Å². The number of hydrogen-bond acceptors (Lipinski definition) is 4. The standard InChI is InChI=1S/C18H22N4O/c1-12(17-13(2)22(4)14(3)21-17)19-10-16-11-20-18(23-16)15-8-6-5-7-9-15/h5-9,11-12,19H,10H2,1-4H3. The lowest BCUT2D eigenvalue weighted by molar-refractivity contribution is 0.462. The van der Waals surface area contributed by atoms with Crippen molar-refractivity contribution in [3.63, 3.8) is 0 Å². The molecule has 23 heavy (non-hydrogen) atoms. The number of nitrogens with zero attached hydrogens (tertiary/aromatic N) is 3. The van der Waals surface area contributed by atoms with Crippen LogP contribution in [0.3, 0.4) is 0 Å². The van der Waals surface area contributed by atoms with Crippen molar-refractivity contribution in [1.82, 2.24) is 19.9 Å². The lowest BCUT2D eigenvalue weighted by atomic mass is 10.2. The first-order valence-corrected chi connectivity index (χ1v) is 7.79. The van der Waals surface area contributed by atoms with Crippen molar-refractivity contribution in [3.8, 4) is 11.5 Å². The second-order valence-corrected chi connectivity index (χ2v) is 5.79. The highest BCUT2D eigenvalue weighted by atomic mass is 16.4. The molecule has 1 unspecified atom stereocenters. The van der Waals surface area contributed by atoms with Crippen LogP contribution in [0.25, 0.3) is 11.5 Å². The van der Waals surface area contributed by atoms with Gasteiger partial charge in [0.05, 0.1) is 18.4 Å². The average Bonchev–Trinajstić information content (AvgIpc) is 3.14. The summed E-state index contributed by atoms with van der Waals surface area (Å²) in [4.78, 5) is 8.98. The van der Waals surface area contributed by atoms with Crippen LogP contribution in [0.4, 0.5) is 0 Å². The van der Waals surface area contributed by atoms with Crippen LogP contribution >= 0.6 is 0 Å². The number of imidazole rings is 1. The maximum Gasteiger partial charge on any atom is 0.226 e. The molecule has 1 atom stereocenters. The number of oxazole rings is 1. The Morgan fingerprint density at radius 2 is 1.96 bits per heavy atom. The van der Waals surface area contributed by atoms with Crippen LogP contribution in [0.15, 0.2) is 40.9 Å². The van der Waals surface area contributed by atoms with Gasteiger partial charge in [0, 0.05) is 24.3 Å². The van der Waals surface area contributed by atoms with Crippen LogP contribution in [0, 0.1) is 13.8 Å².